The number of rotatable bonds is 3. The normalized spacial score (nSPS) is 10.1. The van der Waals surface area contributed by atoms with Gasteiger partial charge in [0.1, 0.15) is 0 Å². The Kier molecular flexibility index (Phi) is 3.26. The van der Waals surface area contributed by atoms with Crippen molar-refractivity contribution in [2.45, 2.75) is 10.1 Å². The maximum Gasteiger partial charge on any atom is 0.252 e. The predicted octanol–water partition coefficient (Wildman–Crippen LogP) is 1.92. The fourth-order valence-electron chi connectivity index (χ4n) is 1.29. The highest BCUT2D eigenvalue weighted by molar-refractivity contribution is 7.99. The summed E-state index contributed by atoms with van der Waals surface area (Å²) >= 11 is 1.44. The number of aromatic amines is 1. The predicted molar refractivity (Wildman–Crippen MR) is 62.5 cm³/mol. The zero-order valence-corrected chi connectivity index (χ0v) is 9.54. The highest BCUT2D eigenvalue weighted by atomic mass is 32.2. The number of carbonyl (C=O) groups excluding carboxylic acids is 1. The standard InChI is InChI=1S/C11H11N3OS/c1-12-10(15)8-4-2-3-5-9(8)16-11-13-6-7-14-11/h2-7H,1H3,(H,12,15)(H,13,14). The monoisotopic (exact) mass is 233 g/mol. The highest BCUT2D eigenvalue weighted by Crippen LogP contribution is 2.27. The Morgan fingerprint density at radius 1 is 1.44 bits per heavy atom. The summed E-state index contributed by atoms with van der Waals surface area (Å²) in [7, 11) is 1.62. The Morgan fingerprint density at radius 2 is 2.25 bits per heavy atom. The van der Waals surface area contributed by atoms with Crippen LogP contribution in [-0.2, 0) is 0 Å². The molecule has 0 radical (unpaired) electrons. The van der Waals surface area contributed by atoms with Crippen LogP contribution in [0.3, 0.4) is 0 Å². The van der Waals surface area contributed by atoms with Gasteiger partial charge < -0.3 is 10.3 Å². The molecule has 5 heteroatoms. The first kappa shape index (κ1) is 10.8. The van der Waals surface area contributed by atoms with Crippen molar-refractivity contribution < 1.29 is 4.79 Å². The van der Waals surface area contributed by atoms with Crippen LogP contribution in [0.5, 0.6) is 0 Å². The first-order valence-corrected chi connectivity index (χ1v) is 5.61. The summed E-state index contributed by atoms with van der Waals surface area (Å²) in [6, 6.07) is 7.44. The van der Waals surface area contributed by atoms with E-state index < -0.39 is 0 Å². The molecular weight excluding hydrogens is 222 g/mol. The lowest BCUT2D eigenvalue weighted by Gasteiger charge is -2.05. The summed E-state index contributed by atoms with van der Waals surface area (Å²) in [4.78, 5) is 19.6. The van der Waals surface area contributed by atoms with Crippen LogP contribution < -0.4 is 5.32 Å². The first-order chi connectivity index (χ1) is 7.81. The van der Waals surface area contributed by atoms with E-state index in [4.69, 9.17) is 0 Å². The average molecular weight is 233 g/mol. The van der Waals surface area contributed by atoms with E-state index in [0.717, 1.165) is 10.1 Å². The highest BCUT2D eigenvalue weighted by Gasteiger charge is 2.10. The van der Waals surface area contributed by atoms with Gasteiger partial charge in [0, 0.05) is 24.3 Å². The lowest BCUT2D eigenvalue weighted by molar-refractivity contribution is 0.0960. The van der Waals surface area contributed by atoms with Gasteiger partial charge in [0.05, 0.1) is 5.56 Å². The molecule has 2 N–H and O–H groups in total. The van der Waals surface area contributed by atoms with Crippen LogP contribution >= 0.6 is 11.8 Å². The van der Waals surface area contributed by atoms with Crippen molar-refractivity contribution in [3.63, 3.8) is 0 Å². The number of hydrogen-bond acceptors (Lipinski definition) is 3. The number of amides is 1. The number of nitrogens with one attached hydrogen (secondary N) is 2. The second-order valence-electron chi connectivity index (χ2n) is 3.07. The molecular formula is C11H11N3OS. The molecule has 0 spiro atoms. The third-order valence-corrected chi connectivity index (χ3v) is 3.03. The third kappa shape index (κ3) is 2.25. The summed E-state index contributed by atoms with van der Waals surface area (Å²) in [5.74, 6) is -0.0883. The van der Waals surface area contributed by atoms with Crippen molar-refractivity contribution in [3.8, 4) is 0 Å². The number of hydrogen-bond donors (Lipinski definition) is 2. The number of aromatic nitrogens is 2. The number of imidazole rings is 1. The van der Waals surface area contributed by atoms with Gasteiger partial charge in [-0.05, 0) is 12.1 Å². The zero-order valence-electron chi connectivity index (χ0n) is 8.73. The fraction of sp³-hybridized carbons (Fsp3) is 0.0909. The maximum absolute atomic E-state index is 11.6. The third-order valence-electron chi connectivity index (χ3n) is 2.04. The molecule has 1 aromatic heterocycles. The summed E-state index contributed by atoms with van der Waals surface area (Å²) < 4.78 is 0. The van der Waals surface area contributed by atoms with Crippen LogP contribution in [0.4, 0.5) is 0 Å². The number of nitrogens with zero attached hydrogens (tertiary/aromatic N) is 1. The summed E-state index contributed by atoms with van der Waals surface area (Å²) in [5, 5.41) is 3.39. The van der Waals surface area contributed by atoms with E-state index in [2.05, 4.69) is 15.3 Å². The maximum atomic E-state index is 11.6. The van der Waals surface area contributed by atoms with E-state index >= 15 is 0 Å². The molecule has 0 aliphatic carbocycles. The van der Waals surface area contributed by atoms with Crippen molar-refractivity contribution in [2.75, 3.05) is 7.05 Å². The largest absolute Gasteiger partial charge is 0.355 e. The van der Waals surface area contributed by atoms with Crippen LogP contribution in [0.15, 0.2) is 46.7 Å². The summed E-state index contributed by atoms with van der Waals surface area (Å²) in [6.45, 7) is 0. The van der Waals surface area contributed by atoms with Gasteiger partial charge in [0.25, 0.3) is 5.91 Å². The second-order valence-corrected chi connectivity index (χ2v) is 4.10. The SMILES string of the molecule is CNC(=O)c1ccccc1Sc1ncc[nH]1. The molecule has 0 aliphatic heterocycles. The fourth-order valence-corrected chi connectivity index (χ4v) is 2.15. The molecule has 0 saturated carbocycles. The van der Waals surface area contributed by atoms with E-state index in [1.54, 1.807) is 25.5 Å². The van der Waals surface area contributed by atoms with Gasteiger partial charge in [-0.2, -0.15) is 0 Å². The zero-order chi connectivity index (χ0) is 11.4. The van der Waals surface area contributed by atoms with Gasteiger partial charge in [0.2, 0.25) is 0 Å². The number of carbonyl (C=O) groups is 1. The van der Waals surface area contributed by atoms with Gasteiger partial charge >= 0.3 is 0 Å². The number of benzene rings is 1. The smallest absolute Gasteiger partial charge is 0.252 e. The molecule has 0 fully saturated rings. The van der Waals surface area contributed by atoms with E-state index in [0.29, 0.717) is 5.56 Å². The van der Waals surface area contributed by atoms with Crippen LogP contribution in [0, 0.1) is 0 Å². The van der Waals surface area contributed by atoms with Crippen molar-refractivity contribution >= 4 is 17.7 Å². The topological polar surface area (TPSA) is 57.8 Å². The molecule has 0 unspecified atom stereocenters. The van der Waals surface area contributed by atoms with E-state index in [9.17, 15) is 4.79 Å². The molecule has 16 heavy (non-hydrogen) atoms. The molecule has 1 aromatic carbocycles. The van der Waals surface area contributed by atoms with Crippen LogP contribution in [-0.4, -0.2) is 22.9 Å². The Hall–Kier alpha value is -1.75. The minimum absolute atomic E-state index is 0.0883. The van der Waals surface area contributed by atoms with Crippen LogP contribution in [0.25, 0.3) is 0 Å². The minimum Gasteiger partial charge on any atom is -0.355 e. The van der Waals surface area contributed by atoms with Gasteiger partial charge in [0.15, 0.2) is 5.16 Å². The first-order valence-electron chi connectivity index (χ1n) is 4.79. The van der Waals surface area contributed by atoms with Gasteiger partial charge in [-0.1, -0.05) is 23.9 Å². The van der Waals surface area contributed by atoms with Crippen LogP contribution in [0.2, 0.25) is 0 Å². The summed E-state index contributed by atoms with van der Waals surface area (Å²) in [5.41, 5.74) is 0.659. The Labute approximate surface area is 97.5 Å². The van der Waals surface area contributed by atoms with E-state index in [-0.39, 0.29) is 5.91 Å². The average Bonchev–Trinajstić information content (AvgIpc) is 2.82. The molecule has 1 heterocycles. The van der Waals surface area contributed by atoms with E-state index in [1.165, 1.54) is 11.8 Å². The molecule has 0 atom stereocenters. The molecule has 82 valence electrons. The molecule has 0 saturated heterocycles. The quantitative estimate of drug-likeness (QED) is 0.851. The van der Waals surface area contributed by atoms with Crippen LogP contribution in [0.1, 0.15) is 10.4 Å². The van der Waals surface area contributed by atoms with Gasteiger partial charge in [-0.15, -0.1) is 0 Å². The van der Waals surface area contributed by atoms with Gasteiger partial charge in [-0.25, -0.2) is 4.98 Å². The number of H-pyrrole nitrogens is 1. The lowest BCUT2D eigenvalue weighted by Crippen LogP contribution is -2.18. The van der Waals surface area contributed by atoms with Crippen molar-refractivity contribution in [3.05, 3.63) is 42.2 Å². The molecule has 2 aromatic rings. The Bertz CT molecular complexity index is 482. The Balaban J connectivity index is 2.30. The molecule has 0 bridgehead atoms. The van der Waals surface area contributed by atoms with Crippen molar-refractivity contribution in [1.82, 2.24) is 15.3 Å². The Morgan fingerprint density at radius 3 is 2.94 bits per heavy atom. The van der Waals surface area contributed by atoms with Crippen molar-refractivity contribution in [1.29, 1.82) is 0 Å². The second kappa shape index (κ2) is 4.85. The molecule has 2 rings (SSSR count). The van der Waals surface area contributed by atoms with E-state index in [1.807, 2.05) is 18.2 Å². The minimum atomic E-state index is -0.0883. The molecule has 0 aliphatic rings. The van der Waals surface area contributed by atoms with Crippen molar-refractivity contribution in [2.24, 2.45) is 0 Å². The molecule has 4 nitrogen and oxygen atoms in total. The lowest BCUT2D eigenvalue weighted by atomic mass is 10.2. The van der Waals surface area contributed by atoms with Gasteiger partial charge in [-0.3, -0.25) is 4.79 Å². The molecule has 1 amide bonds. The summed E-state index contributed by atoms with van der Waals surface area (Å²) in [6.07, 6.45) is 3.44.